The van der Waals surface area contributed by atoms with E-state index in [2.05, 4.69) is 40.1 Å². The summed E-state index contributed by atoms with van der Waals surface area (Å²) in [4.78, 5) is 12.2. The van der Waals surface area contributed by atoms with Crippen molar-refractivity contribution in [3.05, 3.63) is 57.2 Å². The Hall–Kier alpha value is -1.67. The third-order valence-corrected chi connectivity index (χ3v) is 4.61. The van der Waals surface area contributed by atoms with Crippen LogP contribution in [0.3, 0.4) is 0 Å². The number of hydrogen-bond acceptors (Lipinski definition) is 3. The number of rotatable bonds is 5. The first kappa shape index (κ1) is 18.7. The van der Waals surface area contributed by atoms with Gasteiger partial charge in [-0.2, -0.15) is 0 Å². The van der Waals surface area contributed by atoms with Crippen LogP contribution in [0.25, 0.3) is 0 Å². The number of benzene rings is 2. The van der Waals surface area contributed by atoms with Crippen LogP contribution in [0, 0.1) is 10.5 Å². The lowest BCUT2D eigenvalue weighted by Crippen LogP contribution is -2.34. The second-order valence-electron chi connectivity index (χ2n) is 5.25. The van der Waals surface area contributed by atoms with E-state index < -0.39 is 0 Å². The molecule has 0 aliphatic rings. The van der Waals surface area contributed by atoms with Gasteiger partial charge < -0.3 is 10.1 Å². The van der Waals surface area contributed by atoms with Gasteiger partial charge in [-0.15, -0.1) is 0 Å². The zero-order chi connectivity index (χ0) is 17.5. The predicted octanol–water partition coefficient (Wildman–Crippen LogP) is 4.52. The molecule has 24 heavy (non-hydrogen) atoms. The molecule has 0 saturated carbocycles. The number of ether oxygens (including phenoxy) is 1. The molecular formula is C18H19IN2O2S. The fraction of sp³-hybridized carbons (Fsp3) is 0.222. The van der Waals surface area contributed by atoms with Crippen LogP contribution in [0.1, 0.15) is 29.3 Å². The average Bonchev–Trinajstić information content (AvgIpc) is 2.56. The zero-order valence-electron chi connectivity index (χ0n) is 13.6. The normalized spacial score (nSPS) is 10.1. The van der Waals surface area contributed by atoms with Gasteiger partial charge in [0.15, 0.2) is 5.11 Å². The van der Waals surface area contributed by atoms with Crippen LogP contribution in [-0.4, -0.2) is 17.6 Å². The number of carbonyl (C=O) groups excluding carboxylic acids is 1. The maximum Gasteiger partial charge on any atom is 0.257 e. The van der Waals surface area contributed by atoms with Crippen LogP contribution in [0.4, 0.5) is 5.69 Å². The summed E-state index contributed by atoms with van der Waals surface area (Å²) in [5, 5.41) is 5.94. The summed E-state index contributed by atoms with van der Waals surface area (Å²) < 4.78 is 6.57. The highest BCUT2D eigenvalue weighted by Gasteiger charge is 2.09. The minimum absolute atomic E-state index is 0.228. The molecular weight excluding hydrogens is 435 g/mol. The lowest BCUT2D eigenvalue weighted by molar-refractivity contribution is 0.0977. The van der Waals surface area contributed by atoms with E-state index in [0.29, 0.717) is 12.2 Å². The molecule has 2 aromatic rings. The van der Waals surface area contributed by atoms with Gasteiger partial charge in [-0.1, -0.05) is 13.0 Å². The van der Waals surface area contributed by atoms with E-state index in [4.69, 9.17) is 17.0 Å². The van der Waals surface area contributed by atoms with Crippen molar-refractivity contribution in [2.24, 2.45) is 0 Å². The Kier molecular flexibility index (Phi) is 6.99. The minimum atomic E-state index is -0.228. The molecule has 2 N–H and O–H groups in total. The first-order chi connectivity index (χ1) is 11.5. The molecule has 0 unspecified atom stereocenters. The van der Waals surface area contributed by atoms with E-state index in [1.54, 1.807) is 6.07 Å². The highest BCUT2D eigenvalue weighted by molar-refractivity contribution is 14.1. The largest absolute Gasteiger partial charge is 0.494 e. The summed E-state index contributed by atoms with van der Waals surface area (Å²) in [6, 6.07) is 13.0. The molecule has 6 heteroatoms. The maximum atomic E-state index is 12.2. The summed E-state index contributed by atoms with van der Waals surface area (Å²) in [7, 11) is 0. The fourth-order valence-electron chi connectivity index (χ4n) is 1.93. The molecule has 0 atom stereocenters. The summed E-state index contributed by atoms with van der Waals surface area (Å²) in [5.41, 5.74) is 2.51. The molecule has 126 valence electrons. The summed E-state index contributed by atoms with van der Waals surface area (Å²) in [6.45, 7) is 4.76. The predicted molar refractivity (Wildman–Crippen MR) is 110 cm³/mol. The van der Waals surface area contributed by atoms with E-state index in [9.17, 15) is 4.79 Å². The molecule has 0 fully saturated rings. The quantitative estimate of drug-likeness (QED) is 0.516. The van der Waals surface area contributed by atoms with Gasteiger partial charge in [-0.3, -0.25) is 10.1 Å². The minimum Gasteiger partial charge on any atom is -0.494 e. The Labute approximate surface area is 161 Å². The van der Waals surface area contributed by atoms with Crippen LogP contribution < -0.4 is 15.4 Å². The lowest BCUT2D eigenvalue weighted by atomic mass is 10.1. The first-order valence-corrected chi connectivity index (χ1v) is 9.09. The smallest absolute Gasteiger partial charge is 0.257 e. The molecule has 0 heterocycles. The molecule has 2 aromatic carbocycles. The van der Waals surface area contributed by atoms with Gasteiger partial charge in [0.1, 0.15) is 5.75 Å². The molecule has 0 saturated heterocycles. The van der Waals surface area contributed by atoms with Crippen molar-refractivity contribution in [3.63, 3.8) is 0 Å². The SMILES string of the molecule is CCCOc1ccc(NC(=S)NC(=O)c2ccc(C)c(I)c2)cc1. The molecule has 0 bridgehead atoms. The number of anilines is 1. The van der Waals surface area contributed by atoms with E-state index in [1.807, 2.05) is 43.3 Å². The fourth-order valence-corrected chi connectivity index (χ4v) is 2.65. The molecule has 0 aliphatic heterocycles. The van der Waals surface area contributed by atoms with Gasteiger partial charge in [0.2, 0.25) is 0 Å². The number of carbonyl (C=O) groups is 1. The van der Waals surface area contributed by atoms with E-state index >= 15 is 0 Å². The van der Waals surface area contributed by atoms with Crippen molar-refractivity contribution in [2.45, 2.75) is 20.3 Å². The van der Waals surface area contributed by atoms with Gasteiger partial charge in [-0.05, 0) is 90.1 Å². The van der Waals surface area contributed by atoms with Gasteiger partial charge >= 0.3 is 0 Å². The van der Waals surface area contributed by atoms with E-state index in [0.717, 1.165) is 27.0 Å². The number of hydrogen-bond donors (Lipinski definition) is 2. The van der Waals surface area contributed by atoms with Gasteiger partial charge in [0, 0.05) is 14.8 Å². The molecule has 1 amide bonds. The molecule has 0 radical (unpaired) electrons. The molecule has 0 aliphatic carbocycles. The van der Waals surface area contributed by atoms with Crippen LogP contribution in [0.5, 0.6) is 5.75 Å². The van der Waals surface area contributed by atoms with Crippen LogP contribution in [0.15, 0.2) is 42.5 Å². The van der Waals surface area contributed by atoms with Crippen molar-refractivity contribution in [1.29, 1.82) is 0 Å². The highest BCUT2D eigenvalue weighted by Crippen LogP contribution is 2.16. The second kappa shape index (κ2) is 8.98. The Bertz CT molecular complexity index is 732. The Morgan fingerprint density at radius 2 is 1.92 bits per heavy atom. The maximum absolute atomic E-state index is 12.2. The van der Waals surface area contributed by atoms with Gasteiger partial charge in [-0.25, -0.2) is 0 Å². The third kappa shape index (κ3) is 5.45. The number of halogens is 1. The average molecular weight is 454 g/mol. The van der Waals surface area contributed by atoms with Crippen molar-refractivity contribution >= 4 is 51.5 Å². The van der Waals surface area contributed by atoms with Crippen LogP contribution >= 0.6 is 34.8 Å². The summed E-state index contributed by atoms with van der Waals surface area (Å²) >= 11 is 7.41. The van der Waals surface area contributed by atoms with Gasteiger partial charge in [0.05, 0.1) is 6.61 Å². The molecule has 0 aromatic heterocycles. The number of amides is 1. The summed E-state index contributed by atoms with van der Waals surface area (Å²) in [5.74, 6) is 0.583. The summed E-state index contributed by atoms with van der Waals surface area (Å²) in [6.07, 6.45) is 0.966. The number of nitrogens with one attached hydrogen (secondary N) is 2. The van der Waals surface area contributed by atoms with Crippen LogP contribution in [0.2, 0.25) is 0 Å². The monoisotopic (exact) mass is 454 g/mol. The standard InChI is InChI=1S/C18H19IN2O2S/c1-3-10-23-15-8-6-14(7-9-15)20-18(24)21-17(22)13-5-4-12(2)16(19)11-13/h4-9,11H,3,10H2,1-2H3,(H2,20,21,22,24). The Balaban J connectivity index is 1.92. The van der Waals surface area contributed by atoms with Crippen molar-refractivity contribution in [3.8, 4) is 5.75 Å². The second-order valence-corrected chi connectivity index (χ2v) is 6.82. The van der Waals surface area contributed by atoms with E-state index in [-0.39, 0.29) is 11.0 Å². The number of thiocarbonyl (C=S) groups is 1. The Morgan fingerprint density at radius 3 is 2.54 bits per heavy atom. The Morgan fingerprint density at radius 1 is 1.21 bits per heavy atom. The van der Waals surface area contributed by atoms with Crippen LogP contribution in [-0.2, 0) is 0 Å². The lowest BCUT2D eigenvalue weighted by Gasteiger charge is -2.11. The van der Waals surface area contributed by atoms with Crippen molar-refractivity contribution in [1.82, 2.24) is 5.32 Å². The topological polar surface area (TPSA) is 50.4 Å². The molecule has 2 rings (SSSR count). The van der Waals surface area contributed by atoms with E-state index in [1.165, 1.54) is 0 Å². The van der Waals surface area contributed by atoms with Crippen molar-refractivity contribution in [2.75, 3.05) is 11.9 Å². The first-order valence-electron chi connectivity index (χ1n) is 7.61. The van der Waals surface area contributed by atoms with Crippen molar-refractivity contribution < 1.29 is 9.53 Å². The van der Waals surface area contributed by atoms with Gasteiger partial charge in [0.25, 0.3) is 5.91 Å². The zero-order valence-corrected chi connectivity index (χ0v) is 16.5. The highest BCUT2D eigenvalue weighted by atomic mass is 127. The molecule has 0 spiro atoms. The number of aryl methyl sites for hydroxylation is 1. The third-order valence-electron chi connectivity index (χ3n) is 3.25. The molecule has 4 nitrogen and oxygen atoms in total.